The summed E-state index contributed by atoms with van der Waals surface area (Å²) in [6.45, 7) is 11.4. The number of hydrogen-bond acceptors (Lipinski definition) is 2. The zero-order valence-electron chi connectivity index (χ0n) is 18.2. The molecule has 0 fully saturated rings. The van der Waals surface area contributed by atoms with Gasteiger partial charge in [-0.3, -0.25) is 0 Å². The van der Waals surface area contributed by atoms with Crippen LogP contribution >= 0.6 is 0 Å². The molecule has 0 bridgehead atoms. The van der Waals surface area contributed by atoms with Gasteiger partial charge in [-0.05, 0) is 38.1 Å². The Morgan fingerprint density at radius 2 is 0.710 bits per heavy atom. The van der Waals surface area contributed by atoms with Gasteiger partial charge in [0.15, 0.2) is 0 Å². The minimum absolute atomic E-state index is 0. The van der Waals surface area contributed by atoms with Gasteiger partial charge in [-0.15, -0.1) is 24.3 Å². The molecule has 0 heterocycles. The van der Waals surface area contributed by atoms with E-state index in [4.69, 9.17) is 10.2 Å². The molecule has 0 unspecified atom stereocenters. The Bertz CT molecular complexity index is 797. The van der Waals surface area contributed by atoms with Crippen molar-refractivity contribution < 1.29 is 31.9 Å². The van der Waals surface area contributed by atoms with E-state index in [0.717, 1.165) is 11.1 Å². The van der Waals surface area contributed by atoms with Crippen molar-refractivity contribution in [3.05, 3.63) is 145 Å². The van der Waals surface area contributed by atoms with E-state index >= 15 is 0 Å². The van der Waals surface area contributed by atoms with Gasteiger partial charge in [-0.25, -0.2) is 0 Å². The van der Waals surface area contributed by atoms with Gasteiger partial charge in [-0.2, -0.15) is 49.2 Å². The molecule has 31 heavy (non-hydrogen) atoms. The van der Waals surface area contributed by atoms with E-state index in [-0.39, 0.29) is 21.7 Å². The summed E-state index contributed by atoms with van der Waals surface area (Å²) in [5, 5.41) is 17.5. The average Bonchev–Trinajstić information content (AvgIpc) is 2.75. The Morgan fingerprint density at radius 3 is 0.871 bits per heavy atom. The van der Waals surface area contributed by atoms with Crippen LogP contribution in [0.1, 0.15) is 22.3 Å². The summed E-state index contributed by atoms with van der Waals surface area (Å²) in [6, 6.07) is 33.9. The zero-order chi connectivity index (χ0) is 22.2. The van der Waals surface area contributed by atoms with Crippen molar-refractivity contribution in [2.45, 2.75) is 13.8 Å². The van der Waals surface area contributed by atoms with E-state index in [1.807, 2.05) is 98.8 Å². The summed E-state index contributed by atoms with van der Waals surface area (Å²) in [4.78, 5) is 0. The van der Waals surface area contributed by atoms with E-state index < -0.39 is 0 Å². The van der Waals surface area contributed by atoms with Gasteiger partial charge < -0.3 is 10.2 Å². The molecule has 158 valence electrons. The molecule has 4 aromatic carbocycles. The number of phenolic OH excluding ortho intramolecular Hbond substituents is 2. The molecule has 0 saturated heterocycles. The zero-order valence-corrected chi connectivity index (χ0v) is 19.8. The molecular formula is C28H30O2Ti. The molecule has 0 amide bonds. The van der Waals surface area contributed by atoms with Crippen LogP contribution in [-0.2, 0) is 21.7 Å². The predicted molar refractivity (Wildman–Crippen MR) is 127 cm³/mol. The standard InChI is InChI=1S/2C7H8O.2C7H7.Ti/c2*1-6-2-4-7(8)5-3-6;2*1-7-5-3-2-4-6-7;/h2*2-5,8H,1H3;2*2-6H,1H2;/q;;2*-1;+2. The van der Waals surface area contributed by atoms with Crippen molar-refractivity contribution in [2.75, 3.05) is 0 Å². The number of rotatable bonds is 0. The second kappa shape index (κ2) is 16.7. The van der Waals surface area contributed by atoms with Gasteiger partial charge in [0.1, 0.15) is 11.5 Å². The number of aryl methyl sites for hydroxylation is 2. The monoisotopic (exact) mass is 446 g/mol. The Morgan fingerprint density at radius 1 is 0.452 bits per heavy atom. The van der Waals surface area contributed by atoms with Crippen molar-refractivity contribution in [2.24, 2.45) is 0 Å². The first-order valence-electron chi connectivity index (χ1n) is 9.62. The van der Waals surface area contributed by atoms with Gasteiger partial charge >= 0.3 is 21.7 Å². The van der Waals surface area contributed by atoms with Crippen LogP contribution in [0.3, 0.4) is 0 Å². The molecule has 2 N–H and O–H groups in total. The van der Waals surface area contributed by atoms with Crippen LogP contribution in [0.15, 0.2) is 109 Å². The second-order valence-electron chi connectivity index (χ2n) is 6.64. The minimum Gasteiger partial charge on any atom is -0.508 e. The summed E-state index contributed by atoms with van der Waals surface area (Å²) in [7, 11) is 0. The van der Waals surface area contributed by atoms with E-state index in [2.05, 4.69) is 13.8 Å². The first-order chi connectivity index (χ1) is 14.4. The van der Waals surface area contributed by atoms with Crippen molar-refractivity contribution >= 4 is 0 Å². The third-order valence-corrected chi connectivity index (χ3v) is 3.75. The fraction of sp³-hybridized carbons (Fsp3) is 0.0714. The van der Waals surface area contributed by atoms with Gasteiger partial charge in [0.05, 0.1) is 0 Å². The van der Waals surface area contributed by atoms with E-state index in [1.165, 1.54) is 11.1 Å². The third-order valence-electron chi connectivity index (χ3n) is 3.75. The maximum Gasteiger partial charge on any atom is 2.00 e. The minimum atomic E-state index is 0. The molecule has 0 saturated carbocycles. The molecule has 0 aliphatic carbocycles. The Kier molecular flexibility index (Phi) is 15.0. The van der Waals surface area contributed by atoms with Crippen LogP contribution < -0.4 is 0 Å². The van der Waals surface area contributed by atoms with Crippen molar-refractivity contribution in [1.82, 2.24) is 0 Å². The van der Waals surface area contributed by atoms with Crippen LogP contribution in [0.25, 0.3) is 0 Å². The van der Waals surface area contributed by atoms with Crippen LogP contribution in [0.5, 0.6) is 11.5 Å². The predicted octanol–water partition coefficient (Wildman–Crippen LogP) is 7.14. The fourth-order valence-corrected chi connectivity index (χ4v) is 2.05. The number of phenols is 2. The van der Waals surface area contributed by atoms with E-state index in [9.17, 15) is 0 Å². The van der Waals surface area contributed by atoms with Crippen molar-refractivity contribution in [1.29, 1.82) is 0 Å². The molecule has 0 aromatic heterocycles. The Hall–Kier alpha value is -3.07. The molecular weight excluding hydrogens is 416 g/mol. The average molecular weight is 446 g/mol. The number of benzene rings is 4. The van der Waals surface area contributed by atoms with Crippen LogP contribution in [0.2, 0.25) is 0 Å². The number of aromatic hydroxyl groups is 2. The molecule has 4 aromatic rings. The maximum absolute atomic E-state index is 8.76. The largest absolute Gasteiger partial charge is 2.00 e. The quantitative estimate of drug-likeness (QED) is 0.223. The van der Waals surface area contributed by atoms with Gasteiger partial charge in [0, 0.05) is 0 Å². The molecule has 3 heteroatoms. The van der Waals surface area contributed by atoms with Crippen LogP contribution in [0, 0.1) is 27.7 Å². The topological polar surface area (TPSA) is 40.5 Å². The summed E-state index contributed by atoms with van der Waals surface area (Å²) in [5.41, 5.74) is 4.48. The van der Waals surface area contributed by atoms with Crippen LogP contribution in [-0.4, -0.2) is 10.2 Å². The van der Waals surface area contributed by atoms with Crippen molar-refractivity contribution in [3.63, 3.8) is 0 Å². The molecule has 0 aliphatic heterocycles. The Balaban J connectivity index is 0.000000384. The molecule has 0 aliphatic rings. The molecule has 4 rings (SSSR count). The maximum atomic E-state index is 8.76. The van der Waals surface area contributed by atoms with Gasteiger partial charge in [0.25, 0.3) is 0 Å². The molecule has 2 nitrogen and oxygen atoms in total. The van der Waals surface area contributed by atoms with Gasteiger partial charge in [-0.1, -0.05) is 47.5 Å². The normalized spacial score (nSPS) is 8.58. The molecule has 0 atom stereocenters. The van der Waals surface area contributed by atoms with E-state index in [1.54, 1.807) is 24.3 Å². The summed E-state index contributed by atoms with van der Waals surface area (Å²) in [5.74, 6) is 0.659. The first kappa shape index (κ1) is 27.9. The summed E-state index contributed by atoms with van der Waals surface area (Å²) >= 11 is 0. The smallest absolute Gasteiger partial charge is 0.508 e. The Labute approximate surface area is 202 Å². The number of hydrogen-bond donors (Lipinski definition) is 2. The van der Waals surface area contributed by atoms with Crippen molar-refractivity contribution in [3.8, 4) is 11.5 Å². The summed E-state index contributed by atoms with van der Waals surface area (Å²) < 4.78 is 0. The molecule has 0 radical (unpaired) electrons. The summed E-state index contributed by atoms with van der Waals surface area (Å²) in [6.07, 6.45) is 0. The first-order valence-corrected chi connectivity index (χ1v) is 9.62. The fourth-order valence-electron chi connectivity index (χ4n) is 2.05. The SMILES string of the molecule is Cc1ccc(O)cc1.Cc1ccc(O)cc1.[CH2-]c1ccccc1.[CH2-]c1ccccc1.[Ti+2]. The van der Waals surface area contributed by atoms with Crippen LogP contribution in [0.4, 0.5) is 0 Å². The second-order valence-corrected chi connectivity index (χ2v) is 6.64. The van der Waals surface area contributed by atoms with Gasteiger partial charge in [0.2, 0.25) is 0 Å². The molecule has 0 spiro atoms. The van der Waals surface area contributed by atoms with E-state index in [0.29, 0.717) is 11.5 Å². The third kappa shape index (κ3) is 15.4.